The summed E-state index contributed by atoms with van der Waals surface area (Å²) >= 11 is 0. The number of halogens is 1. The molecular weight excluding hydrogens is 247 g/mol. The smallest absolute Gasteiger partial charge is 0.248 e. The molecule has 1 aromatic carbocycles. The van der Waals surface area contributed by atoms with Crippen LogP contribution < -0.4 is 10.5 Å². The van der Waals surface area contributed by atoms with Crippen LogP contribution in [-0.2, 0) is 6.61 Å². The number of pyridine rings is 1. The van der Waals surface area contributed by atoms with Crippen molar-refractivity contribution < 1.29 is 13.9 Å². The van der Waals surface area contributed by atoms with E-state index in [-0.39, 0.29) is 0 Å². The molecule has 0 atom stereocenters. The van der Waals surface area contributed by atoms with Crippen LogP contribution in [0.2, 0.25) is 0 Å². The molecule has 1 amide bonds. The second kappa shape index (κ2) is 5.48. The van der Waals surface area contributed by atoms with Crippen molar-refractivity contribution in [2.75, 3.05) is 0 Å². The number of primary amides is 1. The van der Waals surface area contributed by atoms with Crippen LogP contribution in [0.25, 0.3) is 0 Å². The average Bonchev–Trinajstić information content (AvgIpc) is 2.39. The van der Waals surface area contributed by atoms with Crippen LogP contribution in [-0.4, -0.2) is 10.9 Å². The first-order valence-electron chi connectivity index (χ1n) is 5.70. The van der Waals surface area contributed by atoms with E-state index in [2.05, 4.69) is 4.98 Å². The van der Waals surface area contributed by atoms with Crippen molar-refractivity contribution in [3.05, 3.63) is 59.2 Å². The lowest BCUT2D eigenvalue weighted by Gasteiger charge is -2.09. The first-order valence-corrected chi connectivity index (χ1v) is 5.70. The van der Waals surface area contributed by atoms with Crippen molar-refractivity contribution in [1.82, 2.24) is 4.98 Å². The number of amides is 1. The number of rotatable bonds is 4. The zero-order valence-electron chi connectivity index (χ0n) is 10.4. The van der Waals surface area contributed by atoms with Gasteiger partial charge in [-0.15, -0.1) is 0 Å². The van der Waals surface area contributed by atoms with Crippen LogP contribution >= 0.6 is 0 Å². The number of hydrogen-bond donors (Lipinski definition) is 1. The van der Waals surface area contributed by atoms with E-state index >= 15 is 0 Å². The molecule has 2 aromatic rings. The molecule has 19 heavy (non-hydrogen) atoms. The first-order chi connectivity index (χ1) is 9.06. The van der Waals surface area contributed by atoms with Gasteiger partial charge in [0.2, 0.25) is 11.9 Å². The van der Waals surface area contributed by atoms with Crippen LogP contribution in [0.15, 0.2) is 36.5 Å². The van der Waals surface area contributed by atoms with Gasteiger partial charge in [0.05, 0.1) is 6.20 Å². The molecule has 4 nitrogen and oxygen atoms in total. The van der Waals surface area contributed by atoms with Gasteiger partial charge in [-0.25, -0.2) is 4.98 Å². The number of aromatic nitrogens is 1. The van der Waals surface area contributed by atoms with Crippen molar-refractivity contribution in [3.8, 4) is 5.75 Å². The third-order valence-electron chi connectivity index (χ3n) is 2.72. The Morgan fingerprint density at radius 1 is 1.37 bits per heavy atom. The molecule has 0 unspecified atom stereocenters. The lowest BCUT2D eigenvalue weighted by Crippen LogP contribution is -2.11. The molecular formula is C14H13FN2O2. The van der Waals surface area contributed by atoms with Crippen LogP contribution in [0.1, 0.15) is 21.5 Å². The van der Waals surface area contributed by atoms with Gasteiger partial charge >= 0.3 is 0 Å². The normalized spacial score (nSPS) is 10.2. The molecule has 0 saturated heterocycles. The second-order valence-corrected chi connectivity index (χ2v) is 4.11. The molecule has 2 rings (SSSR count). The quantitative estimate of drug-likeness (QED) is 0.857. The molecule has 0 aliphatic heterocycles. The minimum atomic E-state index is -0.547. The number of carbonyl (C=O) groups excluding carboxylic acids is 1. The Kier molecular flexibility index (Phi) is 3.75. The van der Waals surface area contributed by atoms with E-state index in [0.29, 0.717) is 17.9 Å². The van der Waals surface area contributed by atoms with E-state index in [0.717, 1.165) is 11.1 Å². The maximum atomic E-state index is 12.6. The van der Waals surface area contributed by atoms with Crippen LogP contribution in [0.3, 0.4) is 0 Å². The van der Waals surface area contributed by atoms with Crippen molar-refractivity contribution >= 4 is 5.91 Å². The summed E-state index contributed by atoms with van der Waals surface area (Å²) < 4.78 is 18.1. The molecule has 0 aliphatic carbocycles. The first kappa shape index (κ1) is 13.0. The molecule has 0 radical (unpaired) electrons. The fourth-order valence-corrected chi connectivity index (χ4v) is 1.62. The van der Waals surface area contributed by atoms with Crippen molar-refractivity contribution in [3.63, 3.8) is 0 Å². The minimum Gasteiger partial charge on any atom is -0.487 e. The highest BCUT2D eigenvalue weighted by molar-refractivity contribution is 5.93. The molecule has 0 spiro atoms. The van der Waals surface area contributed by atoms with Crippen molar-refractivity contribution in [2.24, 2.45) is 5.73 Å². The van der Waals surface area contributed by atoms with Gasteiger partial charge in [0.15, 0.2) is 0 Å². The molecule has 5 heteroatoms. The summed E-state index contributed by atoms with van der Waals surface area (Å²) in [7, 11) is 0. The number of benzene rings is 1. The lowest BCUT2D eigenvalue weighted by molar-refractivity contribution is 0.1000. The number of nitrogens with two attached hydrogens (primary N) is 1. The van der Waals surface area contributed by atoms with Gasteiger partial charge in [-0.1, -0.05) is 6.07 Å². The molecule has 1 aromatic heterocycles. The van der Waals surface area contributed by atoms with E-state index in [1.54, 1.807) is 18.2 Å². The Labute approximate surface area is 110 Å². The Bertz CT molecular complexity index is 597. The molecule has 0 saturated carbocycles. The Morgan fingerprint density at radius 3 is 2.74 bits per heavy atom. The van der Waals surface area contributed by atoms with Crippen molar-refractivity contribution in [2.45, 2.75) is 13.5 Å². The standard InChI is InChI=1S/C14H13FN2O2/c1-9-6-10(14(16)18)2-3-11(9)8-19-12-4-5-13(15)17-7-12/h2-7H,8H2,1H3,(H2,16,18). The number of ether oxygens (including phenoxy) is 1. The summed E-state index contributed by atoms with van der Waals surface area (Å²) in [4.78, 5) is 14.5. The van der Waals surface area contributed by atoms with E-state index in [1.807, 2.05) is 6.92 Å². The fraction of sp³-hybridized carbons (Fsp3) is 0.143. The van der Waals surface area contributed by atoms with Crippen LogP contribution in [0, 0.1) is 12.9 Å². The molecule has 2 N–H and O–H groups in total. The van der Waals surface area contributed by atoms with Crippen LogP contribution in [0.5, 0.6) is 5.75 Å². The van der Waals surface area contributed by atoms with Gasteiger partial charge in [0.25, 0.3) is 0 Å². The van der Waals surface area contributed by atoms with Gasteiger partial charge in [0.1, 0.15) is 12.4 Å². The fourth-order valence-electron chi connectivity index (χ4n) is 1.62. The van der Waals surface area contributed by atoms with E-state index in [4.69, 9.17) is 10.5 Å². The van der Waals surface area contributed by atoms with Gasteiger partial charge in [0, 0.05) is 5.56 Å². The molecule has 0 fully saturated rings. The summed E-state index contributed by atoms with van der Waals surface area (Å²) in [6, 6.07) is 7.89. The predicted octanol–water partition coefficient (Wildman–Crippen LogP) is 2.21. The summed E-state index contributed by atoms with van der Waals surface area (Å²) in [6.45, 7) is 2.19. The zero-order valence-corrected chi connectivity index (χ0v) is 10.4. The third kappa shape index (κ3) is 3.28. The topological polar surface area (TPSA) is 65.2 Å². The number of hydrogen-bond acceptors (Lipinski definition) is 3. The van der Waals surface area contributed by atoms with E-state index < -0.39 is 11.9 Å². The molecule has 1 heterocycles. The number of nitrogens with zero attached hydrogens (tertiary/aromatic N) is 1. The Balaban J connectivity index is 2.07. The summed E-state index contributed by atoms with van der Waals surface area (Å²) in [5, 5.41) is 0. The van der Waals surface area contributed by atoms with Gasteiger partial charge in [-0.05, 0) is 42.3 Å². The monoisotopic (exact) mass is 260 g/mol. The highest BCUT2D eigenvalue weighted by Gasteiger charge is 2.05. The van der Waals surface area contributed by atoms with E-state index in [9.17, 15) is 9.18 Å². The SMILES string of the molecule is Cc1cc(C(N)=O)ccc1COc1ccc(F)nc1. The number of aryl methyl sites for hydroxylation is 1. The highest BCUT2D eigenvalue weighted by Crippen LogP contribution is 2.15. The van der Waals surface area contributed by atoms with Crippen LogP contribution in [0.4, 0.5) is 4.39 Å². The average molecular weight is 260 g/mol. The Hall–Kier alpha value is -2.43. The van der Waals surface area contributed by atoms with Gasteiger partial charge in [-0.3, -0.25) is 4.79 Å². The second-order valence-electron chi connectivity index (χ2n) is 4.11. The molecule has 0 bridgehead atoms. The highest BCUT2D eigenvalue weighted by atomic mass is 19.1. The maximum Gasteiger partial charge on any atom is 0.248 e. The number of carbonyl (C=O) groups is 1. The third-order valence-corrected chi connectivity index (χ3v) is 2.72. The van der Waals surface area contributed by atoms with E-state index in [1.165, 1.54) is 18.3 Å². The summed E-state index contributed by atoms with van der Waals surface area (Å²) in [5.41, 5.74) is 7.49. The van der Waals surface area contributed by atoms with Gasteiger partial charge < -0.3 is 10.5 Å². The molecule has 98 valence electrons. The summed E-state index contributed by atoms with van der Waals surface area (Å²) in [5.74, 6) is -0.521. The maximum absolute atomic E-state index is 12.6. The minimum absolute atomic E-state index is 0.318. The Morgan fingerprint density at radius 2 is 2.16 bits per heavy atom. The van der Waals surface area contributed by atoms with Crippen molar-refractivity contribution in [1.29, 1.82) is 0 Å². The zero-order chi connectivity index (χ0) is 13.8. The van der Waals surface area contributed by atoms with Gasteiger partial charge in [-0.2, -0.15) is 4.39 Å². The summed E-state index contributed by atoms with van der Waals surface area (Å²) in [6.07, 6.45) is 1.32. The predicted molar refractivity (Wildman–Crippen MR) is 68.2 cm³/mol. The lowest BCUT2D eigenvalue weighted by atomic mass is 10.1. The largest absolute Gasteiger partial charge is 0.487 e. The molecule has 0 aliphatic rings.